The van der Waals surface area contributed by atoms with Crippen molar-refractivity contribution < 1.29 is 9.59 Å². The van der Waals surface area contributed by atoms with Gasteiger partial charge in [0.05, 0.1) is 0 Å². The Hall–Kier alpha value is -3.23. The van der Waals surface area contributed by atoms with Crippen LogP contribution in [0.15, 0.2) is 48.7 Å². The number of benzene rings is 2. The molecule has 2 aromatic carbocycles. The van der Waals surface area contributed by atoms with Gasteiger partial charge in [-0.1, -0.05) is 40.6 Å². The number of aromatic nitrogens is 3. The van der Waals surface area contributed by atoms with Gasteiger partial charge in [0.2, 0.25) is 10.9 Å². The van der Waals surface area contributed by atoms with Crippen molar-refractivity contribution in [1.82, 2.24) is 20.5 Å². The van der Waals surface area contributed by atoms with Crippen LogP contribution in [0.3, 0.4) is 0 Å². The van der Waals surface area contributed by atoms with Crippen molar-refractivity contribution in [1.29, 1.82) is 0 Å². The van der Waals surface area contributed by atoms with Gasteiger partial charge >= 0.3 is 0 Å². The number of carbonyl (C=O) groups excluding carboxylic acids is 2. The molecule has 7 nitrogen and oxygen atoms in total. The Morgan fingerprint density at radius 3 is 2.85 bits per heavy atom. The number of anilines is 1. The molecule has 0 bridgehead atoms. The van der Waals surface area contributed by atoms with Crippen molar-refractivity contribution in [2.75, 3.05) is 11.9 Å². The number of aromatic amines is 1. The number of H-pyrrole nitrogens is 1. The standard InChI is InChI=1S/C24H24ClN5O2S/c1-15-8-9-20-19(12-15)16(14-27-20)10-11-26-21(31)6-3-7-22-29-30-24(33-22)23(32)28-18-5-2-4-17(25)13-18/h2,4-5,8-9,12-14,27H,3,6-7,10-11H2,1H3,(H,26,31)(H,28,32). The highest BCUT2D eigenvalue weighted by Gasteiger charge is 2.14. The highest BCUT2D eigenvalue weighted by molar-refractivity contribution is 7.13. The molecule has 3 N–H and O–H groups in total. The zero-order chi connectivity index (χ0) is 23.2. The van der Waals surface area contributed by atoms with E-state index >= 15 is 0 Å². The van der Waals surface area contributed by atoms with Crippen LogP contribution in [0.1, 0.15) is 38.8 Å². The summed E-state index contributed by atoms with van der Waals surface area (Å²) < 4.78 is 0. The van der Waals surface area contributed by atoms with Crippen LogP contribution >= 0.6 is 22.9 Å². The van der Waals surface area contributed by atoms with E-state index in [1.54, 1.807) is 24.3 Å². The van der Waals surface area contributed by atoms with Crippen LogP contribution in [0.25, 0.3) is 10.9 Å². The minimum Gasteiger partial charge on any atom is -0.361 e. The first-order valence-corrected chi connectivity index (χ1v) is 11.9. The van der Waals surface area contributed by atoms with Crippen molar-refractivity contribution in [3.05, 3.63) is 74.8 Å². The number of fused-ring (bicyclic) bond motifs is 1. The number of rotatable bonds is 9. The maximum atomic E-state index is 12.3. The van der Waals surface area contributed by atoms with Gasteiger partial charge in [0.25, 0.3) is 5.91 Å². The van der Waals surface area contributed by atoms with E-state index in [1.165, 1.54) is 27.8 Å². The van der Waals surface area contributed by atoms with Gasteiger partial charge in [0.1, 0.15) is 5.01 Å². The van der Waals surface area contributed by atoms with E-state index < -0.39 is 0 Å². The molecule has 0 aliphatic rings. The molecular formula is C24H24ClN5O2S. The minimum absolute atomic E-state index is 0.00876. The Morgan fingerprint density at radius 1 is 1.12 bits per heavy atom. The topological polar surface area (TPSA) is 99.8 Å². The average molecular weight is 482 g/mol. The predicted octanol–water partition coefficient (Wildman–Crippen LogP) is 4.92. The second kappa shape index (κ2) is 10.6. The number of hydrogen-bond donors (Lipinski definition) is 3. The largest absolute Gasteiger partial charge is 0.361 e. The lowest BCUT2D eigenvalue weighted by Crippen LogP contribution is -2.25. The molecule has 0 aliphatic heterocycles. The molecule has 2 heterocycles. The van der Waals surface area contributed by atoms with E-state index in [0.717, 1.165) is 16.9 Å². The van der Waals surface area contributed by atoms with E-state index in [9.17, 15) is 9.59 Å². The molecule has 0 unspecified atom stereocenters. The van der Waals surface area contributed by atoms with Gasteiger partial charge in [-0.25, -0.2) is 0 Å². The molecule has 170 valence electrons. The maximum absolute atomic E-state index is 12.3. The summed E-state index contributed by atoms with van der Waals surface area (Å²) in [5.74, 6) is -0.319. The van der Waals surface area contributed by atoms with Crippen LogP contribution in [0.2, 0.25) is 5.02 Å². The van der Waals surface area contributed by atoms with Gasteiger partial charge in [-0.15, -0.1) is 10.2 Å². The third-order valence-electron chi connectivity index (χ3n) is 5.18. The minimum atomic E-state index is -0.328. The van der Waals surface area contributed by atoms with E-state index in [2.05, 4.69) is 50.9 Å². The number of aryl methyl sites for hydroxylation is 2. The van der Waals surface area contributed by atoms with Crippen LogP contribution in [0.5, 0.6) is 0 Å². The van der Waals surface area contributed by atoms with Crippen LogP contribution in [-0.2, 0) is 17.6 Å². The van der Waals surface area contributed by atoms with Crippen LogP contribution < -0.4 is 10.6 Å². The number of amides is 2. The molecule has 0 radical (unpaired) electrons. The quantitative estimate of drug-likeness (QED) is 0.316. The number of hydrogen-bond acceptors (Lipinski definition) is 5. The van der Waals surface area contributed by atoms with E-state index in [-0.39, 0.29) is 16.8 Å². The summed E-state index contributed by atoms with van der Waals surface area (Å²) in [5, 5.41) is 16.5. The van der Waals surface area contributed by atoms with Crippen molar-refractivity contribution in [3.8, 4) is 0 Å². The van der Waals surface area contributed by atoms with E-state index in [0.29, 0.717) is 36.5 Å². The Bertz CT molecular complexity index is 1280. The van der Waals surface area contributed by atoms with E-state index in [1.807, 2.05) is 6.20 Å². The van der Waals surface area contributed by atoms with Crippen molar-refractivity contribution >= 4 is 51.3 Å². The molecule has 0 atom stereocenters. The van der Waals surface area contributed by atoms with Gasteiger partial charge < -0.3 is 15.6 Å². The fourth-order valence-corrected chi connectivity index (χ4v) is 4.49. The fourth-order valence-electron chi connectivity index (χ4n) is 3.52. The Labute approximate surface area is 200 Å². The molecule has 4 aromatic rings. The first-order valence-electron chi connectivity index (χ1n) is 10.7. The monoisotopic (exact) mass is 481 g/mol. The number of halogens is 1. The van der Waals surface area contributed by atoms with Crippen LogP contribution in [-0.4, -0.2) is 33.5 Å². The Morgan fingerprint density at radius 2 is 2.00 bits per heavy atom. The van der Waals surface area contributed by atoms with Gasteiger partial charge in [0.15, 0.2) is 0 Å². The molecule has 4 rings (SSSR count). The first-order chi connectivity index (χ1) is 16.0. The summed E-state index contributed by atoms with van der Waals surface area (Å²) in [4.78, 5) is 27.8. The lowest BCUT2D eigenvalue weighted by Gasteiger charge is -2.05. The predicted molar refractivity (Wildman–Crippen MR) is 132 cm³/mol. The third-order valence-corrected chi connectivity index (χ3v) is 6.39. The summed E-state index contributed by atoms with van der Waals surface area (Å²) in [6, 6.07) is 13.2. The number of carbonyl (C=O) groups is 2. The summed E-state index contributed by atoms with van der Waals surface area (Å²) >= 11 is 7.17. The lowest BCUT2D eigenvalue weighted by molar-refractivity contribution is -0.121. The highest BCUT2D eigenvalue weighted by atomic mass is 35.5. The molecule has 0 fully saturated rings. The van der Waals surface area contributed by atoms with Crippen LogP contribution in [0, 0.1) is 6.92 Å². The summed E-state index contributed by atoms with van der Waals surface area (Å²) in [5.41, 5.74) is 4.13. The zero-order valence-corrected chi connectivity index (χ0v) is 19.7. The third kappa shape index (κ3) is 6.18. The zero-order valence-electron chi connectivity index (χ0n) is 18.2. The normalized spacial score (nSPS) is 11.0. The molecule has 0 spiro atoms. The second-order valence-electron chi connectivity index (χ2n) is 7.78. The molecular weight excluding hydrogens is 458 g/mol. The molecule has 0 saturated heterocycles. The summed E-state index contributed by atoms with van der Waals surface area (Å²) in [6.07, 6.45) is 4.42. The fraction of sp³-hybridized carbons (Fsp3) is 0.250. The van der Waals surface area contributed by atoms with Crippen molar-refractivity contribution in [3.63, 3.8) is 0 Å². The Kier molecular flexibility index (Phi) is 7.36. The molecule has 2 amide bonds. The second-order valence-corrected chi connectivity index (χ2v) is 9.28. The number of nitrogens with zero attached hydrogens (tertiary/aromatic N) is 2. The summed E-state index contributed by atoms with van der Waals surface area (Å²) in [6.45, 7) is 2.66. The van der Waals surface area contributed by atoms with Crippen LogP contribution in [0.4, 0.5) is 5.69 Å². The summed E-state index contributed by atoms with van der Waals surface area (Å²) in [7, 11) is 0. The molecule has 0 saturated carbocycles. The van der Waals surface area contributed by atoms with E-state index in [4.69, 9.17) is 11.6 Å². The van der Waals surface area contributed by atoms with Gasteiger partial charge in [-0.3, -0.25) is 9.59 Å². The van der Waals surface area contributed by atoms with Gasteiger partial charge in [-0.05, 0) is 55.7 Å². The molecule has 9 heteroatoms. The SMILES string of the molecule is Cc1ccc2[nH]cc(CCNC(=O)CCCc3nnc(C(=O)Nc4cccc(Cl)c4)s3)c2c1. The number of nitrogens with one attached hydrogen (secondary N) is 3. The van der Waals surface area contributed by atoms with Crippen molar-refractivity contribution in [2.24, 2.45) is 0 Å². The van der Waals surface area contributed by atoms with Crippen molar-refractivity contribution in [2.45, 2.75) is 32.6 Å². The lowest BCUT2D eigenvalue weighted by atomic mass is 10.1. The van der Waals surface area contributed by atoms with Gasteiger partial charge in [-0.2, -0.15) is 0 Å². The molecule has 33 heavy (non-hydrogen) atoms. The highest BCUT2D eigenvalue weighted by Crippen LogP contribution is 2.20. The average Bonchev–Trinajstić information content (AvgIpc) is 3.41. The van der Waals surface area contributed by atoms with Gasteiger partial charge in [0, 0.05) is 47.2 Å². The smallest absolute Gasteiger partial charge is 0.286 e. The molecule has 2 aromatic heterocycles. The Balaban J connectivity index is 1.19. The first kappa shape index (κ1) is 22.9. The maximum Gasteiger partial charge on any atom is 0.286 e. The molecule has 0 aliphatic carbocycles.